The van der Waals surface area contributed by atoms with Crippen molar-refractivity contribution >= 4 is 44.5 Å². The summed E-state index contributed by atoms with van der Waals surface area (Å²) >= 11 is 1.23. The Hall–Kier alpha value is -2.32. The Labute approximate surface area is 159 Å². The van der Waals surface area contributed by atoms with Crippen molar-refractivity contribution in [2.75, 3.05) is 12.0 Å². The number of carbonyl (C=O) groups is 3. The SMILES string of the molecule is COC(=O)c1ccc2nc(N3C(=O)[C@@]4(C)[C@@H]5CC[C@@H](O5)[C@@]4(C)C3=O)sc2c1. The maximum Gasteiger partial charge on any atom is 0.337 e. The number of hydrogen-bond donors (Lipinski definition) is 0. The largest absolute Gasteiger partial charge is 0.465 e. The summed E-state index contributed by atoms with van der Waals surface area (Å²) in [6, 6.07) is 4.99. The van der Waals surface area contributed by atoms with Crippen molar-refractivity contribution in [3.63, 3.8) is 0 Å². The number of hydrogen-bond acceptors (Lipinski definition) is 7. The summed E-state index contributed by atoms with van der Waals surface area (Å²) in [5.41, 5.74) is -0.680. The van der Waals surface area contributed by atoms with E-state index in [0.29, 0.717) is 16.2 Å². The lowest BCUT2D eigenvalue weighted by Crippen LogP contribution is -2.48. The van der Waals surface area contributed by atoms with Gasteiger partial charge in [-0.25, -0.2) is 14.7 Å². The maximum atomic E-state index is 13.3. The number of carbonyl (C=O) groups excluding carboxylic acids is 3. The standard InChI is InChI=1S/C19H18N2O5S/c1-18-12-6-7-13(26-12)19(18,2)16(24)21(15(18)23)17-20-10-5-4-9(14(22)25-3)8-11(10)27-17/h4-5,8,12-13H,6-7H2,1-3H3/t12-,13+,18+,19-. The van der Waals surface area contributed by atoms with Crippen molar-refractivity contribution in [3.05, 3.63) is 23.8 Å². The van der Waals surface area contributed by atoms with Gasteiger partial charge in [-0.05, 0) is 44.9 Å². The highest BCUT2D eigenvalue weighted by atomic mass is 32.1. The molecule has 0 spiro atoms. The average Bonchev–Trinajstić information content (AvgIpc) is 3.38. The van der Waals surface area contributed by atoms with Crippen LogP contribution in [0.1, 0.15) is 37.0 Å². The Bertz CT molecular complexity index is 998. The summed E-state index contributed by atoms with van der Waals surface area (Å²) < 4.78 is 11.4. The van der Waals surface area contributed by atoms with Crippen molar-refractivity contribution in [2.45, 2.75) is 38.9 Å². The molecule has 0 aliphatic carbocycles. The lowest BCUT2D eigenvalue weighted by molar-refractivity contribution is -0.132. The number of benzene rings is 1. The molecule has 3 fully saturated rings. The number of methoxy groups -OCH3 is 1. The van der Waals surface area contributed by atoms with Crippen LogP contribution >= 0.6 is 11.3 Å². The molecule has 4 heterocycles. The third-order valence-electron chi connectivity index (χ3n) is 6.67. The van der Waals surface area contributed by atoms with Crippen LogP contribution in [-0.2, 0) is 19.1 Å². The zero-order valence-electron chi connectivity index (χ0n) is 15.1. The highest BCUT2D eigenvalue weighted by molar-refractivity contribution is 7.22. The molecule has 1 aromatic carbocycles. The maximum absolute atomic E-state index is 13.3. The summed E-state index contributed by atoms with van der Waals surface area (Å²) in [5.74, 6) is -0.924. The molecular formula is C19H18N2O5S. The molecule has 5 rings (SSSR count). The molecule has 140 valence electrons. The van der Waals surface area contributed by atoms with Crippen LogP contribution in [0.25, 0.3) is 10.2 Å². The number of esters is 1. The number of aromatic nitrogens is 1. The Morgan fingerprint density at radius 2 is 1.85 bits per heavy atom. The zero-order valence-corrected chi connectivity index (χ0v) is 16.0. The minimum atomic E-state index is -0.859. The lowest BCUT2D eigenvalue weighted by atomic mass is 9.59. The number of amides is 2. The van der Waals surface area contributed by atoms with Gasteiger partial charge in [-0.3, -0.25) is 9.59 Å². The molecule has 3 saturated heterocycles. The van der Waals surface area contributed by atoms with E-state index in [1.54, 1.807) is 18.2 Å². The van der Waals surface area contributed by atoms with E-state index in [1.807, 2.05) is 13.8 Å². The molecule has 0 unspecified atom stereocenters. The van der Waals surface area contributed by atoms with E-state index in [-0.39, 0.29) is 24.0 Å². The third kappa shape index (κ3) is 1.80. The van der Waals surface area contributed by atoms with Crippen LogP contribution in [0.4, 0.5) is 5.13 Å². The van der Waals surface area contributed by atoms with E-state index in [2.05, 4.69) is 4.98 Å². The first-order valence-electron chi connectivity index (χ1n) is 8.85. The van der Waals surface area contributed by atoms with Crippen LogP contribution in [0.3, 0.4) is 0 Å². The Kier molecular flexibility index (Phi) is 3.20. The fraction of sp³-hybridized carbons (Fsp3) is 0.474. The van der Waals surface area contributed by atoms with Crippen LogP contribution < -0.4 is 4.90 Å². The van der Waals surface area contributed by atoms with Crippen molar-refractivity contribution in [1.82, 2.24) is 4.98 Å². The molecule has 3 aliphatic heterocycles. The Morgan fingerprint density at radius 3 is 2.44 bits per heavy atom. The second-order valence-electron chi connectivity index (χ2n) is 7.71. The molecule has 8 heteroatoms. The van der Waals surface area contributed by atoms with Crippen LogP contribution in [-0.4, -0.2) is 42.1 Å². The van der Waals surface area contributed by atoms with Gasteiger partial charge in [0.25, 0.3) is 0 Å². The summed E-state index contributed by atoms with van der Waals surface area (Å²) in [6.07, 6.45) is 1.14. The van der Waals surface area contributed by atoms with Gasteiger partial charge in [-0.15, -0.1) is 0 Å². The van der Waals surface area contributed by atoms with E-state index < -0.39 is 16.8 Å². The fourth-order valence-electron chi connectivity index (χ4n) is 4.86. The summed E-state index contributed by atoms with van der Waals surface area (Å²) in [6.45, 7) is 3.69. The number of ether oxygens (including phenoxy) is 2. The van der Waals surface area contributed by atoms with Crippen LogP contribution in [0.2, 0.25) is 0 Å². The molecule has 2 amide bonds. The minimum Gasteiger partial charge on any atom is -0.465 e. The normalized spacial score (nSPS) is 34.6. The second-order valence-corrected chi connectivity index (χ2v) is 8.72. The number of nitrogens with zero attached hydrogens (tertiary/aromatic N) is 2. The first kappa shape index (κ1) is 16.8. The number of fused-ring (bicyclic) bond motifs is 6. The minimum absolute atomic E-state index is 0.228. The van der Waals surface area contributed by atoms with E-state index in [1.165, 1.54) is 23.3 Å². The van der Waals surface area contributed by atoms with Crippen molar-refractivity contribution in [1.29, 1.82) is 0 Å². The Balaban J connectivity index is 1.60. The van der Waals surface area contributed by atoms with Gasteiger partial charge < -0.3 is 9.47 Å². The predicted octanol–water partition coefficient (Wildman–Crippen LogP) is 2.53. The molecular weight excluding hydrogens is 368 g/mol. The van der Waals surface area contributed by atoms with Crippen molar-refractivity contribution in [2.24, 2.45) is 10.8 Å². The molecule has 4 atom stereocenters. The van der Waals surface area contributed by atoms with Crippen LogP contribution in [0.15, 0.2) is 18.2 Å². The zero-order chi connectivity index (χ0) is 19.1. The van der Waals surface area contributed by atoms with Gasteiger partial charge in [0.2, 0.25) is 11.8 Å². The van der Waals surface area contributed by atoms with E-state index in [9.17, 15) is 14.4 Å². The molecule has 7 nitrogen and oxygen atoms in total. The number of imide groups is 1. The van der Waals surface area contributed by atoms with Crippen LogP contribution in [0.5, 0.6) is 0 Å². The monoisotopic (exact) mass is 386 g/mol. The first-order valence-corrected chi connectivity index (χ1v) is 9.67. The van der Waals surface area contributed by atoms with Gasteiger partial charge in [-0.2, -0.15) is 0 Å². The highest BCUT2D eigenvalue weighted by Gasteiger charge is 2.77. The van der Waals surface area contributed by atoms with Crippen LogP contribution in [0, 0.1) is 10.8 Å². The summed E-state index contributed by atoms with van der Waals surface area (Å²) in [7, 11) is 1.32. The van der Waals surface area contributed by atoms with Gasteiger partial charge in [0, 0.05) is 0 Å². The number of rotatable bonds is 2. The topological polar surface area (TPSA) is 85.8 Å². The smallest absolute Gasteiger partial charge is 0.337 e. The van der Waals surface area contributed by atoms with Gasteiger partial charge in [-0.1, -0.05) is 11.3 Å². The summed E-state index contributed by atoms with van der Waals surface area (Å²) in [4.78, 5) is 44.1. The molecule has 2 bridgehead atoms. The quantitative estimate of drug-likeness (QED) is 0.582. The third-order valence-corrected chi connectivity index (χ3v) is 7.67. The first-order chi connectivity index (χ1) is 12.8. The number of anilines is 1. The van der Waals surface area contributed by atoms with Gasteiger partial charge >= 0.3 is 5.97 Å². The molecule has 0 N–H and O–H groups in total. The second kappa shape index (κ2) is 5.14. The fourth-order valence-corrected chi connectivity index (χ4v) is 5.86. The predicted molar refractivity (Wildman–Crippen MR) is 97.6 cm³/mol. The Morgan fingerprint density at radius 1 is 1.22 bits per heavy atom. The molecule has 0 radical (unpaired) electrons. The molecule has 3 aliphatic rings. The van der Waals surface area contributed by atoms with Crippen molar-refractivity contribution in [3.8, 4) is 0 Å². The number of thiazole rings is 1. The lowest BCUT2D eigenvalue weighted by Gasteiger charge is -2.36. The van der Waals surface area contributed by atoms with E-state index in [0.717, 1.165) is 17.5 Å². The molecule has 1 aromatic heterocycles. The van der Waals surface area contributed by atoms with Gasteiger partial charge in [0.05, 0.1) is 45.9 Å². The molecule has 27 heavy (non-hydrogen) atoms. The molecule has 0 saturated carbocycles. The highest BCUT2D eigenvalue weighted by Crippen LogP contribution is 2.64. The van der Waals surface area contributed by atoms with Gasteiger partial charge in [0.1, 0.15) is 0 Å². The van der Waals surface area contributed by atoms with E-state index in [4.69, 9.17) is 9.47 Å². The average molecular weight is 386 g/mol. The van der Waals surface area contributed by atoms with E-state index >= 15 is 0 Å². The summed E-state index contributed by atoms with van der Waals surface area (Å²) in [5, 5.41) is 0.346. The van der Waals surface area contributed by atoms with Gasteiger partial charge in [0.15, 0.2) is 5.13 Å². The van der Waals surface area contributed by atoms with Crippen molar-refractivity contribution < 1.29 is 23.9 Å². The molecule has 2 aromatic rings.